The van der Waals surface area contributed by atoms with Gasteiger partial charge in [-0.2, -0.15) is 18.2 Å². The second kappa shape index (κ2) is 6.02. The van der Waals surface area contributed by atoms with Crippen molar-refractivity contribution in [1.29, 1.82) is 0 Å². The Balaban J connectivity index is 2.51. The van der Waals surface area contributed by atoms with Gasteiger partial charge in [-0.1, -0.05) is 12.1 Å². The molecule has 1 aromatic heterocycles. The van der Waals surface area contributed by atoms with Gasteiger partial charge in [-0.15, -0.1) is 0 Å². The maximum absolute atomic E-state index is 12.6. The fraction of sp³-hybridized carbons (Fsp3) is 0.0769. The number of hydrogen-bond donors (Lipinski definition) is 4. The fourth-order valence-corrected chi connectivity index (χ4v) is 1.82. The zero-order valence-corrected chi connectivity index (χ0v) is 12.0. The molecule has 8 nitrogen and oxygen atoms in total. The van der Waals surface area contributed by atoms with Gasteiger partial charge in [0.1, 0.15) is 5.69 Å². The number of aliphatic imine (C=N–C) groups is 1. The standard InChI is InChI=1S/C13H12F3N7O/c14-13(15,16)6-3-1-5(2-4-6)7-9(17)22-10(18)8(21-7)11(24)23-12(19)20/h1-4H,(H4,17,18,22)(H4,19,20,23,24). The number of carbonyl (C=O) groups is 1. The normalized spacial score (nSPS) is 11.1. The monoisotopic (exact) mass is 339 g/mol. The SMILES string of the molecule is NC(N)=NC(=O)c1nc(-c2ccc(C(F)(F)F)cc2)c(N)nc1N. The topological polar surface area (TPSA) is 159 Å². The third-order valence-electron chi connectivity index (χ3n) is 2.87. The summed E-state index contributed by atoms with van der Waals surface area (Å²) < 4.78 is 37.8. The summed E-state index contributed by atoms with van der Waals surface area (Å²) in [4.78, 5) is 22.8. The summed E-state index contributed by atoms with van der Waals surface area (Å²) in [7, 11) is 0. The van der Waals surface area contributed by atoms with Crippen LogP contribution in [0.15, 0.2) is 29.3 Å². The van der Waals surface area contributed by atoms with Crippen LogP contribution in [0.5, 0.6) is 0 Å². The Bertz CT molecular complexity index is 812. The third kappa shape index (κ3) is 3.51. The Morgan fingerprint density at radius 3 is 2.08 bits per heavy atom. The molecule has 1 amide bonds. The van der Waals surface area contributed by atoms with Crippen molar-refractivity contribution in [3.05, 3.63) is 35.5 Å². The Hall–Kier alpha value is -3.37. The lowest BCUT2D eigenvalue weighted by Crippen LogP contribution is -2.25. The average molecular weight is 339 g/mol. The number of aromatic nitrogens is 2. The summed E-state index contributed by atoms with van der Waals surface area (Å²) in [6.45, 7) is 0. The number of carbonyl (C=O) groups excluding carboxylic acids is 1. The van der Waals surface area contributed by atoms with Gasteiger partial charge in [0.2, 0.25) is 0 Å². The van der Waals surface area contributed by atoms with E-state index in [9.17, 15) is 18.0 Å². The molecule has 2 aromatic rings. The van der Waals surface area contributed by atoms with E-state index in [2.05, 4.69) is 15.0 Å². The number of alkyl halides is 3. The van der Waals surface area contributed by atoms with E-state index in [-0.39, 0.29) is 28.6 Å². The van der Waals surface area contributed by atoms with Crippen LogP contribution in [-0.4, -0.2) is 21.8 Å². The van der Waals surface area contributed by atoms with Gasteiger partial charge in [0.05, 0.1) is 5.56 Å². The molecule has 0 atom stereocenters. The smallest absolute Gasteiger partial charge is 0.382 e. The number of guanidine groups is 1. The first-order valence-electron chi connectivity index (χ1n) is 6.34. The molecule has 0 aliphatic heterocycles. The summed E-state index contributed by atoms with van der Waals surface area (Å²) in [5.74, 6) is -1.92. The van der Waals surface area contributed by atoms with Crippen LogP contribution >= 0.6 is 0 Å². The molecule has 0 spiro atoms. The minimum Gasteiger partial charge on any atom is -0.382 e. The third-order valence-corrected chi connectivity index (χ3v) is 2.87. The minimum atomic E-state index is -4.48. The van der Waals surface area contributed by atoms with E-state index in [0.29, 0.717) is 0 Å². The average Bonchev–Trinajstić information content (AvgIpc) is 2.45. The number of nitrogens with two attached hydrogens (primary N) is 4. The van der Waals surface area contributed by atoms with Crippen molar-refractivity contribution in [2.24, 2.45) is 16.5 Å². The van der Waals surface area contributed by atoms with Gasteiger partial charge in [0.15, 0.2) is 23.3 Å². The second-order valence-corrected chi connectivity index (χ2v) is 4.61. The van der Waals surface area contributed by atoms with Gasteiger partial charge in [0.25, 0.3) is 0 Å². The van der Waals surface area contributed by atoms with Gasteiger partial charge in [0, 0.05) is 5.56 Å². The highest BCUT2D eigenvalue weighted by atomic mass is 19.4. The maximum Gasteiger partial charge on any atom is 0.416 e. The predicted octanol–water partition coefficient (Wildman–Crippen LogP) is 0.740. The number of halogens is 3. The first-order chi connectivity index (χ1) is 11.1. The number of benzene rings is 1. The van der Waals surface area contributed by atoms with Crippen LogP contribution in [0.4, 0.5) is 24.8 Å². The van der Waals surface area contributed by atoms with Crippen LogP contribution in [0.1, 0.15) is 16.1 Å². The summed E-state index contributed by atoms with van der Waals surface area (Å²) >= 11 is 0. The van der Waals surface area contributed by atoms with E-state index in [1.165, 1.54) is 0 Å². The molecule has 24 heavy (non-hydrogen) atoms. The molecule has 126 valence electrons. The second-order valence-electron chi connectivity index (χ2n) is 4.61. The lowest BCUT2D eigenvalue weighted by atomic mass is 10.1. The van der Waals surface area contributed by atoms with E-state index < -0.39 is 23.6 Å². The Morgan fingerprint density at radius 2 is 1.58 bits per heavy atom. The summed E-state index contributed by atoms with van der Waals surface area (Å²) in [5.41, 5.74) is 20.4. The van der Waals surface area contributed by atoms with Crippen LogP contribution < -0.4 is 22.9 Å². The number of nitrogens with zero attached hydrogens (tertiary/aromatic N) is 3. The molecule has 0 saturated carbocycles. The summed E-state index contributed by atoms with van der Waals surface area (Å²) in [5, 5.41) is 0. The van der Waals surface area contributed by atoms with Crippen LogP contribution in [0.3, 0.4) is 0 Å². The number of nitrogen functional groups attached to an aromatic ring is 2. The highest BCUT2D eigenvalue weighted by Gasteiger charge is 2.30. The molecule has 11 heteroatoms. The van der Waals surface area contributed by atoms with Crippen LogP contribution in [-0.2, 0) is 6.18 Å². The Labute approximate surface area is 133 Å². The highest BCUT2D eigenvalue weighted by molar-refractivity contribution is 6.03. The number of amides is 1. The number of hydrogen-bond acceptors (Lipinski definition) is 5. The minimum absolute atomic E-state index is 0.0212. The summed E-state index contributed by atoms with van der Waals surface area (Å²) in [6.07, 6.45) is -4.48. The molecule has 1 heterocycles. The maximum atomic E-state index is 12.6. The quantitative estimate of drug-likeness (QED) is 0.463. The van der Waals surface area contributed by atoms with Gasteiger partial charge in [-0.25, -0.2) is 9.97 Å². The largest absolute Gasteiger partial charge is 0.416 e. The molecule has 0 unspecified atom stereocenters. The van der Waals surface area contributed by atoms with Crippen LogP contribution in [0, 0.1) is 0 Å². The van der Waals surface area contributed by atoms with Crippen molar-refractivity contribution in [2.45, 2.75) is 6.18 Å². The Kier molecular flexibility index (Phi) is 4.26. The molecule has 0 radical (unpaired) electrons. The van der Waals surface area contributed by atoms with Gasteiger partial charge in [-0.05, 0) is 12.1 Å². The van der Waals surface area contributed by atoms with Crippen molar-refractivity contribution in [2.75, 3.05) is 11.5 Å². The van der Waals surface area contributed by atoms with E-state index in [4.69, 9.17) is 22.9 Å². The molecule has 0 fully saturated rings. The lowest BCUT2D eigenvalue weighted by Gasteiger charge is -2.10. The molecule has 0 saturated heterocycles. The van der Waals surface area contributed by atoms with Crippen LogP contribution in [0.2, 0.25) is 0 Å². The molecule has 0 aliphatic rings. The van der Waals surface area contributed by atoms with Crippen molar-refractivity contribution in [1.82, 2.24) is 9.97 Å². The molecular weight excluding hydrogens is 327 g/mol. The summed E-state index contributed by atoms with van der Waals surface area (Å²) in [6, 6.07) is 4.00. The van der Waals surface area contributed by atoms with E-state index in [1.807, 2.05) is 0 Å². The van der Waals surface area contributed by atoms with Crippen LogP contribution in [0.25, 0.3) is 11.3 Å². The molecular formula is C13H12F3N7O. The highest BCUT2D eigenvalue weighted by Crippen LogP contribution is 2.32. The first-order valence-corrected chi connectivity index (χ1v) is 6.34. The van der Waals surface area contributed by atoms with Crippen molar-refractivity contribution in [3.63, 3.8) is 0 Å². The van der Waals surface area contributed by atoms with E-state index in [1.54, 1.807) is 0 Å². The fourth-order valence-electron chi connectivity index (χ4n) is 1.82. The van der Waals surface area contributed by atoms with Gasteiger partial charge >= 0.3 is 12.1 Å². The Morgan fingerprint density at radius 1 is 1.00 bits per heavy atom. The zero-order valence-electron chi connectivity index (χ0n) is 12.0. The van der Waals surface area contributed by atoms with Gasteiger partial charge < -0.3 is 22.9 Å². The predicted molar refractivity (Wildman–Crippen MR) is 81.4 cm³/mol. The molecule has 0 aliphatic carbocycles. The van der Waals surface area contributed by atoms with E-state index >= 15 is 0 Å². The molecule has 2 rings (SSSR count). The first kappa shape index (κ1) is 17.0. The lowest BCUT2D eigenvalue weighted by molar-refractivity contribution is -0.137. The van der Waals surface area contributed by atoms with Gasteiger partial charge in [-0.3, -0.25) is 4.79 Å². The molecule has 1 aromatic carbocycles. The molecule has 0 bridgehead atoms. The zero-order chi connectivity index (χ0) is 18.1. The number of anilines is 2. The number of rotatable bonds is 2. The van der Waals surface area contributed by atoms with E-state index in [0.717, 1.165) is 24.3 Å². The van der Waals surface area contributed by atoms with Crippen molar-refractivity contribution < 1.29 is 18.0 Å². The molecule has 8 N–H and O–H groups in total. The van der Waals surface area contributed by atoms with Crippen molar-refractivity contribution >= 4 is 23.5 Å². The van der Waals surface area contributed by atoms with Crippen molar-refractivity contribution in [3.8, 4) is 11.3 Å².